The van der Waals surface area contributed by atoms with Crippen LogP contribution in [0.3, 0.4) is 0 Å². The van der Waals surface area contributed by atoms with Crippen LogP contribution in [0, 0.1) is 0 Å². The first-order chi connectivity index (χ1) is 17.8. The lowest BCUT2D eigenvalue weighted by Gasteiger charge is -2.28. The van der Waals surface area contributed by atoms with Crippen molar-refractivity contribution in [1.82, 2.24) is 0 Å². The largest absolute Gasteiger partial charge is 0.384 e. The van der Waals surface area contributed by atoms with Crippen molar-refractivity contribution >= 4 is 31.6 Å². The highest BCUT2D eigenvalue weighted by Gasteiger charge is 2.32. The van der Waals surface area contributed by atoms with Crippen molar-refractivity contribution in [1.29, 1.82) is 0 Å². The van der Waals surface area contributed by atoms with Gasteiger partial charge in [0.25, 0.3) is 0 Å². The minimum atomic E-state index is -3.03. The molecule has 0 spiro atoms. The van der Waals surface area contributed by atoms with Crippen molar-refractivity contribution < 1.29 is 18.1 Å². The van der Waals surface area contributed by atoms with Gasteiger partial charge >= 0.3 is 7.60 Å². The number of hydrogen-bond acceptors (Lipinski definition) is 3. The van der Waals surface area contributed by atoms with E-state index in [0.717, 1.165) is 12.8 Å². The predicted octanol–water partition coefficient (Wildman–Crippen LogP) is 11.9. The second-order valence-corrected chi connectivity index (χ2v) is 14.5. The Morgan fingerprint density at radius 1 is 0.447 bits per heavy atom. The number of halogens is 1. The van der Waals surface area contributed by atoms with E-state index in [9.17, 15) is 4.57 Å². The van der Waals surface area contributed by atoms with Crippen molar-refractivity contribution in [2.75, 3.05) is 40.6 Å². The van der Waals surface area contributed by atoms with Crippen molar-refractivity contribution in [3.8, 4) is 0 Å². The van der Waals surface area contributed by atoms with Crippen molar-refractivity contribution in [2.24, 2.45) is 0 Å². The summed E-state index contributed by atoms with van der Waals surface area (Å²) < 4.78 is 25.8. The summed E-state index contributed by atoms with van der Waals surface area (Å²) in [6.45, 7) is 5.68. The van der Waals surface area contributed by atoms with Gasteiger partial charge in [0.05, 0.1) is 34.4 Å². The maximum Gasteiger partial charge on any atom is 0.384 e. The summed E-state index contributed by atoms with van der Waals surface area (Å²) >= 11 is 0. The Labute approximate surface area is 257 Å². The lowest BCUT2D eigenvalue weighted by Crippen LogP contribution is -2.36. The molecule has 0 rings (SSSR count). The number of hydrogen-bond donors (Lipinski definition) is 0. The molecule has 0 bridgehead atoms. The van der Waals surface area contributed by atoms with Crippen molar-refractivity contribution in [3.63, 3.8) is 0 Å². The van der Waals surface area contributed by atoms with E-state index in [1.165, 1.54) is 141 Å². The molecule has 0 aliphatic carbocycles. The summed E-state index contributed by atoms with van der Waals surface area (Å²) in [7, 11) is 3.15. The molecule has 0 aromatic rings. The van der Waals surface area contributed by atoms with Gasteiger partial charge in [0.2, 0.25) is 0 Å². The van der Waals surface area contributed by atoms with Crippen LogP contribution < -0.4 is 0 Å². The number of quaternary nitrogens is 1. The highest BCUT2D eigenvalue weighted by atomic mass is 127. The van der Waals surface area contributed by atoms with E-state index in [1.807, 2.05) is 0 Å². The summed E-state index contributed by atoms with van der Waals surface area (Å²) in [4.78, 5) is 0. The van der Waals surface area contributed by atoms with Gasteiger partial charge in [-0.2, -0.15) is 0 Å². The molecule has 0 amide bonds. The number of nitrogens with zero attached hydrogens (tertiary/aromatic N) is 1. The third-order valence-electron chi connectivity index (χ3n) is 7.17. The van der Waals surface area contributed by atoms with Crippen LogP contribution in [0.5, 0.6) is 0 Å². The van der Waals surface area contributed by atoms with Gasteiger partial charge in [-0.1, -0.05) is 155 Å². The third-order valence-corrected chi connectivity index (χ3v) is 9.52. The molecule has 0 saturated heterocycles. The maximum absolute atomic E-state index is 13.4. The van der Waals surface area contributed by atoms with Gasteiger partial charge in [0, 0.05) is 0 Å². The van der Waals surface area contributed by atoms with Crippen LogP contribution in [0.1, 0.15) is 168 Å². The molecule has 0 radical (unpaired) electrons. The van der Waals surface area contributed by atoms with Crippen LogP contribution in [0.4, 0.5) is 0 Å². The quantitative estimate of drug-likeness (QED) is 0.0329. The smallest absolute Gasteiger partial charge is 0.321 e. The lowest BCUT2D eigenvalue weighted by molar-refractivity contribution is -0.859. The van der Waals surface area contributed by atoms with Crippen molar-refractivity contribution in [3.05, 3.63) is 0 Å². The van der Waals surface area contributed by atoms with E-state index in [4.69, 9.17) is 9.05 Å². The molecule has 232 valence electrons. The standard InChI is InChI=1S/C32H69NO3P.HI/c1-6-8-10-12-14-16-18-20-22-24-26-28-30-35-37(34,32-33(3,4)5)36-31-29-27-25-23-21-19-17-15-13-11-9-7-2;/h6-32H2,1-5H3;1H/q+1;. The zero-order valence-corrected chi connectivity index (χ0v) is 29.8. The summed E-state index contributed by atoms with van der Waals surface area (Å²) in [5, 5.41) is 0. The Bertz CT molecular complexity index is 479. The van der Waals surface area contributed by atoms with E-state index < -0.39 is 7.60 Å². The molecule has 0 heterocycles. The fourth-order valence-electron chi connectivity index (χ4n) is 4.93. The van der Waals surface area contributed by atoms with Gasteiger partial charge in [-0.05, 0) is 12.8 Å². The molecule has 6 heteroatoms. The molecule has 38 heavy (non-hydrogen) atoms. The third kappa shape index (κ3) is 31.4. The minimum Gasteiger partial charge on any atom is -0.321 e. The van der Waals surface area contributed by atoms with E-state index >= 15 is 0 Å². The predicted molar refractivity (Wildman–Crippen MR) is 180 cm³/mol. The molecule has 0 aliphatic rings. The van der Waals surface area contributed by atoms with E-state index in [-0.39, 0.29) is 24.0 Å². The average molecular weight is 675 g/mol. The number of rotatable bonds is 30. The van der Waals surface area contributed by atoms with E-state index in [2.05, 4.69) is 35.0 Å². The van der Waals surface area contributed by atoms with Crippen LogP contribution in [0.25, 0.3) is 0 Å². The normalized spacial score (nSPS) is 12.1. The summed E-state index contributed by atoms with van der Waals surface area (Å²) in [6.07, 6.45) is 32.1. The summed E-state index contributed by atoms with van der Waals surface area (Å²) in [5.41, 5.74) is 0. The van der Waals surface area contributed by atoms with Crippen molar-refractivity contribution in [2.45, 2.75) is 168 Å². The highest BCUT2D eigenvalue weighted by molar-refractivity contribution is 14.0. The molecule has 0 N–H and O–H groups in total. The fourth-order valence-corrected chi connectivity index (χ4v) is 7.02. The molecular formula is C32H70INO3P+. The molecule has 0 atom stereocenters. The van der Waals surface area contributed by atoms with Gasteiger partial charge in [0.1, 0.15) is 0 Å². The molecule has 4 nitrogen and oxygen atoms in total. The van der Waals surface area contributed by atoms with Crippen LogP contribution in [-0.2, 0) is 13.6 Å². The van der Waals surface area contributed by atoms with Gasteiger partial charge < -0.3 is 13.5 Å². The highest BCUT2D eigenvalue weighted by Crippen LogP contribution is 2.49. The lowest BCUT2D eigenvalue weighted by atomic mass is 10.1. The van der Waals surface area contributed by atoms with Crippen LogP contribution in [0.2, 0.25) is 0 Å². The van der Waals surface area contributed by atoms with Gasteiger partial charge in [-0.3, -0.25) is 4.57 Å². The zero-order valence-electron chi connectivity index (χ0n) is 26.6. The Balaban J connectivity index is 0. The zero-order chi connectivity index (χ0) is 27.5. The summed E-state index contributed by atoms with van der Waals surface area (Å²) in [5.74, 6) is 0. The average Bonchev–Trinajstić information content (AvgIpc) is 2.84. The Morgan fingerprint density at radius 3 is 0.921 bits per heavy atom. The van der Waals surface area contributed by atoms with Gasteiger partial charge in [0.15, 0.2) is 6.29 Å². The molecule has 0 aromatic heterocycles. The first-order valence-electron chi connectivity index (χ1n) is 16.5. The number of unbranched alkanes of at least 4 members (excludes halogenated alkanes) is 22. The molecule has 0 fully saturated rings. The molecule has 0 unspecified atom stereocenters. The van der Waals surface area contributed by atoms with Gasteiger partial charge in [-0.25, -0.2) is 0 Å². The minimum absolute atomic E-state index is 0. The second kappa shape index (κ2) is 29.3. The monoisotopic (exact) mass is 674 g/mol. The molecule has 0 saturated carbocycles. The van der Waals surface area contributed by atoms with E-state index in [0.29, 0.717) is 24.0 Å². The first-order valence-corrected chi connectivity index (χ1v) is 18.2. The Kier molecular flexibility index (Phi) is 31.6. The molecule has 0 aliphatic heterocycles. The SMILES string of the molecule is CCCCCCCCCCCCCCOP(=O)(C[N+](C)(C)C)OCCCCCCCCCCCCCC.I. The van der Waals surface area contributed by atoms with Gasteiger partial charge in [-0.15, -0.1) is 24.0 Å². The van der Waals surface area contributed by atoms with Crippen LogP contribution in [-0.4, -0.2) is 45.1 Å². The second-order valence-electron chi connectivity index (χ2n) is 12.5. The Morgan fingerprint density at radius 2 is 0.684 bits per heavy atom. The van der Waals surface area contributed by atoms with Crippen LogP contribution >= 0.6 is 31.6 Å². The first kappa shape index (κ1) is 41.0. The topological polar surface area (TPSA) is 35.5 Å². The molecule has 0 aromatic carbocycles. The maximum atomic E-state index is 13.4. The Hall–Kier alpha value is 0.840. The fraction of sp³-hybridized carbons (Fsp3) is 1.00. The summed E-state index contributed by atoms with van der Waals surface area (Å²) in [6, 6.07) is 0. The molecular weight excluding hydrogens is 604 g/mol. The van der Waals surface area contributed by atoms with Crippen LogP contribution in [0.15, 0.2) is 0 Å². The van der Waals surface area contributed by atoms with E-state index in [1.54, 1.807) is 0 Å².